The van der Waals surface area contributed by atoms with Gasteiger partial charge in [-0.15, -0.1) is 11.3 Å². The van der Waals surface area contributed by atoms with E-state index in [0.29, 0.717) is 22.2 Å². The molecule has 3 N–H and O–H groups in total. The third kappa shape index (κ3) is 3.84. The second kappa shape index (κ2) is 8.11. The topological polar surface area (TPSA) is 121 Å². The smallest absolute Gasteiger partial charge is 0.280 e. The standard InChI is InChI=1S/C20H19F2N7O2S/c1-9-5-25-29(7-9)8-14(30)27-16-15-11(12-6-24-28(3)10(12)2)4-13(18(21)22)26-20(15)32-17(16)19(23)31/h4-7,18H,8H2,1-3H3,(H2,23,31)(H,27,30). The lowest BCUT2D eigenvalue weighted by Gasteiger charge is -2.11. The molecule has 0 bridgehead atoms. The number of rotatable bonds is 6. The highest BCUT2D eigenvalue weighted by Crippen LogP contribution is 2.43. The second-order valence-corrected chi connectivity index (χ2v) is 8.28. The van der Waals surface area contributed by atoms with E-state index in [2.05, 4.69) is 20.5 Å². The summed E-state index contributed by atoms with van der Waals surface area (Å²) in [6.07, 6.45) is 2.02. The van der Waals surface area contributed by atoms with E-state index < -0.39 is 23.9 Å². The minimum atomic E-state index is -2.82. The molecule has 0 unspecified atom stereocenters. The molecule has 0 spiro atoms. The van der Waals surface area contributed by atoms with Gasteiger partial charge in [-0.1, -0.05) is 0 Å². The summed E-state index contributed by atoms with van der Waals surface area (Å²) >= 11 is 0.854. The molecule has 12 heteroatoms. The number of carbonyl (C=O) groups excluding carboxylic acids is 2. The number of nitrogens with zero attached hydrogens (tertiary/aromatic N) is 5. The lowest BCUT2D eigenvalue weighted by molar-refractivity contribution is -0.116. The van der Waals surface area contributed by atoms with E-state index in [0.717, 1.165) is 16.9 Å². The first kappa shape index (κ1) is 21.6. The number of pyridine rings is 1. The Morgan fingerprint density at radius 2 is 1.97 bits per heavy atom. The summed E-state index contributed by atoms with van der Waals surface area (Å²) in [6, 6.07) is 1.25. The Labute approximate surface area is 184 Å². The van der Waals surface area contributed by atoms with E-state index in [-0.39, 0.29) is 21.9 Å². The second-order valence-electron chi connectivity index (χ2n) is 7.28. The first-order valence-electron chi connectivity index (χ1n) is 9.49. The molecule has 4 aromatic rings. The van der Waals surface area contributed by atoms with Gasteiger partial charge in [-0.3, -0.25) is 19.0 Å². The van der Waals surface area contributed by atoms with Crippen molar-refractivity contribution in [2.45, 2.75) is 26.8 Å². The van der Waals surface area contributed by atoms with E-state index in [9.17, 15) is 18.4 Å². The molecule has 2 amide bonds. The number of anilines is 1. The van der Waals surface area contributed by atoms with Crippen molar-refractivity contribution in [2.24, 2.45) is 12.8 Å². The number of hydrogen-bond acceptors (Lipinski definition) is 6. The van der Waals surface area contributed by atoms with Crippen molar-refractivity contribution >= 4 is 39.1 Å². The molecule has 0 atom stereocenters. The van der Waals surface area contributed by atoms with Gasteiger partial charge in [0.1, 0.15) is 21.9 Å². The zero-order chi connectivity index (χ0) is 23.2. The van der Waals surface area contributed by atoms with E-state index >= 15 is 0 Å². The molecular formula is C20H19F2N7O2S. The molecule has 9 nitrogen and oxygen atoms in total. The number of hydrogen-bond donors (Lipinski definition) is 2. The molecule has 0 radical (unpaired) electrons. The number of aryl methyl sites for hydroxylation is 2. The minimum absolute atomic E-state index is 0.0201. The van der Waals surface area contributed by atoms with Gasteiger partial charge >= 0.3 is 0 Å². The van der Waals surface area contributed by atoms with Crippen LogP contribution >= 0.6 is 11.3 Å². The van der Waals surface area contributed by atoms with Gasteiger partial charge in [0, 0.05) is 29.9 Å². The number of thiophene rings is 1. The van der Waals surface area contributed by atoms with E-state index in [1.807, 2.05) is 6.92 Å². The molecule has 0 fully saturated rings. The molecule has 4 aromatic heterocycles. The Balaban J connectivity index is 1.90. The fraction of sp³-hybridized carbons (Fsp3) is 0.250. The first-order valence-corrected chi connectivity index (χ1v) is 10.3. The number of halogens is 2. The van der Waals surface area contributed by atoms with Crippen LogP contribution in [0.3, 0.4) is 0 Å². The average molecular weight is 459 g/mol. The van der Waals surface area contributed by atoms with Crippen LogP contribution in [0.4, 0.5) is 14.5 Å². The number of amides is 2. The lowest BCUT2D eigenvalue weighted by atomic mass is 10.0. The van der Waals surface area contributed by atoms with Gasteiger partial charge < -0.3 is 11.1 Å². The van der Waals surface area contributed by atoms with Crippen LogP contribution in [0.5, 0.6) is 0 Å². The zero-order valence-electron chi connectivity index (χ0n) is 17.4. The highest BCUT2D eigenvalue weighted by molar-refractivity contribution is 7.21. The SMILES string of the molecule is Cc1cnn(CC(=O)Nc2c(C(N)=O)sc3nc(C(F)F)cc(-c4cnn(C)c4C)c23)c1. The number of alkyl halides is 2. The predicted octanol–water partition coefficient (Wildman–Crippen LogP) is 3.19. The van der Waals surface area contributed by atoms with Crippen LogP contribution in [-0.2, 0) is 18.4 Å². The molecular weight excluding hydrogens is 440 g/mol. The fourth-order valence-corrected chi connectivity index (χ4v) is 4.39. The van der Waals surface area contributed by atoms with Crippen molar-refractivity contribution in [3.63, 3.8) is 0 Å². The molecule has 0 saturated carbocycles. The van der Waals surface area contributed by atoms with Gasteiger partial charge in [-0.05, 0) is 31.0 Å². The van der Waals surface area contributed by atoms with Crippen LogP contribution < -0.4 is 11.1 Å². The van der Waals surface area contributed by atoms with Crippen molar-refractivity contribution in [1.82, 2.24) is 24.5 Å². The fourth-order valence-electron chi connectivity index (χ4n) is 3.38. The maximum absolute atomic E-state index is 13.6. The zero-order valence-corrected chi connectivity index (χ0v) is 18.2. The van der Waals surface area contributed by atoms with Crippen molar-refractivity contribution in [3.8, 4) is 11.1 Å². The number of aromatic nitrogens is 5. The number of carbonyl (C=O) groups is 2. The van der Waals surface area contributed by atoms with Crippen LogP contribution in [-0.4, -0.2) is 36.4 Å². The van der Waals surface area contributed by atoms with Crippen LogP contribution in [0, 0.1) is 13.8 Å². The molecule has 166 valence electrons. The van der Waals surface area contributed by atoms with Gasteiger partial charge in [-0.2, -0.15) is 10.2 Å². The number of nitrogens with one attached hydrogen (secondary N) is 1. The Bertz CT molecular complexity index is 1360. The minimum Gasteiger partial charge on any atom is -0.365 e. The Hall–Kier alpha value is -3.67. The third-order valence-corrected chi connectivity index (χ3v) is 6.09. The Kier molecular flexibility index (Phi) is 5.46. The summed E-state index contributed by atoms with van der Waals surface area (Å²) in [4.78, 5) is 29.1. The molecule has 4 heterocycles. The van der Waals surface area contributed by atoms with Crippen molar-refractivity contribution < 1.29 is 18.4 Å². The van der Waals surface area contributed by atoms with Crippen molar-refractivity contribution in [3.05, 3.63) is 46.5 Å². The maximum Gasteiger partial charge on any atom is 0.280 e. The van der Waals surface area contributed by atoms with Crippen molar-refractivity contribution in [1.29, 1.82) is 0 Å². The van der Waals surface area contributed by atoms with Crippen LogP contribution in [0.15, 0.2) is 24.7 Å². The summed E-state index contributed by atoms with van der Waals surface area (Å²) < 4.78 is 30.2. The summed E-state index contributed by atoms with van der Waals surface area (Å²) in [5.41, 5.74) is 7.79. The maximum atomic E-state index is 13.6. The molecule has 0 aliphatic carbocycles. The van der Waals surface area contributed by atoms with Gasteiger partial charge in [0.05, 0.1) is 18.1 Å². The van der Waals surface area contributed by atoms with Gasteiger partial charge in [0.25, 0.3) is 12.3 Å². The predicted molar refractivity (Wildman–Crippen MR) is 116 cm³/mol. The number of nitrogens with two attached hydrogens (primary N) is 1. The largest absolute Gasteiger partial charge is 0.365 e. The van der Waals surface area contributed by atoms with E-state index in [4.69, 9.17) is 5.73 Å². The van der Waals surface area contributed by atoms with Crippen LogP contribution in [0.25, 0.3) is 21.3 Å². The van der Waals surface area contributed by atoms with E-state index in [1.165, 1.54) is 10.7 Å². The molecule has 0 aromatic carbocycles. The molecule has 0 aliphatic heterocycles. The Morgan fingerprint density at radius 1 is 1.22 bits per heavy atom. The molecule has 0 aliphatic rings. The highest BCUT2D eigenvalue weighted by atomic mass is 32.1. The third-order valence-electron chi connectivity index (χ3n) is 4.99. The summed E-state index contributed by atoms with van der Waals surface area (Å²) in [6.45, 7) is 3.53. The normalized spacial score (nSPS) is 11.4. The van der Waals surface area contributed by atoms with Crippen LogP contribution in [0.2, 0.25) is 0 Å². The highest BCUT2D eigenvalue weighted by Gasteiger charge is 2.26. The van der Waals surface area contributed by atoms with Crippen LogP contribution in [0.1, 0.15) is 33.0 Å². The Morgan fingerprint density at radius 3 is 2.53 bits per heavy atom. The van der Waals surface area contributed by atoms with E-state index in [1.54, 1.807) is 37.2 Å². The average Bonchev–Trinajstić information content (AvgIpc) is 3.39. The summed E-state index contributed by atoms with van der Waals surface area (Å²) in [5, 5.41) is 11.3. The summed E-state index contributed by atoms with van der Waals surface area (Å²) in [7, 11) is 1.72. The lowest BCUT2D eigenvalue weighted by Crippen LogP contribution is -2.21. The monoisotopic (exact) mass is 459 g/mol. The quantitative estimate of drug-likeness (QED) is 0.459. The number of primary amides is 1. The number of fused-ring (bicyclic) bond motifs is 1. The van der Waals surface area contributed by atoms with Gasteiger partial charge in [-0.25, -0.2) is 13.8 Å². The molecule has 32 heavy (non-hydrogen) atoms. The molecule has 4 rings (SSSR count). The first-order chi connectivity index (χ1) is 15.2. The summed E-state index contributed by atoms with van der Waals surface area (Å²) in [5.74, 6) is -1.26. The molecule has 0 saturated heterocycles. The van der Waals surface area contributed by atoms with Gasteiger partial charge in [0.2, 0.25) is 5.91 Å². The van der Waals surface area contributed by atoms with Crippen molar-refractivity contribution in [2.75, 3.05) is 5.32 Å². The van der Waals surface area contributed by atoms with Gasteiger partial charge in [0.15, 0.2) is 0 Å².